The Morgan fingerprint density at radius 3 is 2.43 bits per heavy atom. The molecule has 0 spiro atoms. The van der Waals surface area contributed by atoms with Crippen LogP contribution in [0.25, 0.3) is 0 Å². The molecule has 0 bridgehead atoms. The fourth-order valence-corrected chi connectivity index (χ4v) is 2.92. The average Bonchev–Trinajstić information content (AvgIpc) is 2.47. The minimum Gasteiger partial charge on any atom is -0.351 e. The number of thioether (sulfide) groups is 1. The predicted octanol–water partition coefficient (Wildman–Crippen LogP) is 2.73. The summed E-state index contributed by atoms with van der Waals surface area (Å²) >= 11 is 1.64. The SMILES string of the molecule is CC1C(c2ccccc2)SC(=N)N1C. The van der Waals surface area contributed by atoms with Crippen LogP contribution in [0.3, 0.4) is 0 Å². The second kappa shape index (κ2) is 3.65. The fraction of sp³-hybridized carbons (Fsp3) is 0.364. The lowest BCUT2D eigenvalue weighted by atomic mass is 10.1. The van der Waals surface area contributed by atoms with E-state index >= 15 is 0 Å². The number of benzene rings is 1. The Labute approximate surface area is 88.8 Å². The summed E-state index contributed by atoms with van der Waals surface area (Å²) in [5, 5.41) is 8.84. The van der Waals surface area contributed by atoms with E-state index in [4.69, 9.17) is 5.41 Å². The van der Waals surface area contributed by atoms with E-state index in [9.17, 15) is 0 Å². The normalized spacial score (nSPS) is 27.0. The Kier molecular flexibility index (Phi) is 2.50. The molecule has 2 unspecified atom stereocenters. The third-order valence-electron chi connectivity index (χ3n) is 2.74. The molecular weight excluding hydrogens is 192 g/mol. The highest BCUT2D eigenvalue weighted by molar-refractivity contribution is 8.14. The molecule has 1 aliphatic rings. The first-order chi connectivity index (χ1) is 6.70. The summed E-state index contributed by atoms with van der Waals surface area (Å²) < 4.78 is 0. The number of hydrogen-bond acceptors (Lipinski definition) is 2. The van der Waals surface area contributed by atoms with Gasteiger partial charge in [-0.05, 0) is 12.5 Å². The van der Waals surface area contributed by atoms with Crippen molar-refractivity contribution in [2.24, 2.45) is 0 Å². The maximum Gasteiger partial charge on any atom is 0.157 e. The van der Waals surface area contributed by atoms with Gasteiger partial charge in [0.05, 0.1) is 5.25 Å². The second-order valence-corrected chi connectivity index (χ2v) is 4.74. The van der Waals surface area contributed by atoms with Crippen LogP contribution in [0.4, 0.5) is 0 Å². The zero-order chi connectivity index (χ0) is 10.1. The van der Waals surface area contributed by atoms with Gasteiger partial charge < -0.3 is 4.90 Å². The molecule has 2 atom stereocenters. The summed E-state index contributed by atoms with van der Waals surface area (Å²) in [7, 11) is 1.99. The number of nitrogens with one attached hydrogen (secondary N) is 1. The molecule has 14 heavy (non-hydrogen) atoms. The molecule has 0 radical (unpaired) electrons. The quantitative estimate of drug-likeness (QED) is 0.765. The van der Waals surface area contributed by atoms with E-state index < -0.39 is 0 Å². The van der Waals surface area contributed by atoms with Crippen molar-refractivity contribution >= 4 is 16.9 Å². The molecular formula is C11H14N2S. The summed E-state index contributed by atoms with van der Waals surface area (Å²) in [5.74, 6) is 0. The topological polar surface area (TPSA) is 27.1 Å². The number of hydrogen-bond donors (Lipinski definition) is 1. The lowest BCUT2D eigenvalue weighted by molar-refractivity contribution is 0.402. The molecule has 1 fully saturated rings. The molecule has 0 amide bonds. The second-order valence-electron chi connectivity index (χ2n) is 3.61. The minimum absolute atomic E-state index is 0.411. The van der Waals surface area contributed by atoms with E-state index in [0.29, 0.717) is 16.5 Å². The molecule has 0 aliphatic carbocycles. The monoisotopic (exact) mass is 206 g/mol. The first-order valence-electron chi connectivity index (χ1n) is 4.73. The third-order valence-corrected chi connectivity index (χ3v) is 4.17. The highest BCUT2D eigenvalue weighted by Crippen LogP contribution is 2.41. The van der Waals surface area contributed by atoms with Crippen molar-refractivity contribution < 1.29 is 0 Å². The summed E-state index contributed by atoms with van der Waals surface area (Å²) in [6.45, 7) is 2.17. The fourth-order valence-electron chi connectivity index (χ4n) is 1.68. The molecule has 1 aromatic rings. The van der Waals surface area contributed by atoms with Crippen LogP contribution in [0.1, 0.15) is 17.7 Å². The number of nitrogens with zero attached hydrogens (tertiary/aromatic N) is 1. The van der Waals surface area contributed by atoms with E-state index in [1.165, 1.54) is 5.56 Å². The van der Waals surface area contributed by atoms with E-state index in [-0.39, 0.29) is 0 Å². The van der Waals surface area contributed by atoms with Crippen molar-refractivity contribution in [3.8, 4) is 0 Å². The van der Waals surface area contributed by atoms with Crippen LogP contribution in [0, 0.1) is 5.41 Å². The van der Waals surface area contributed by atoms with Crippen LogP contribution in [-0.4, -0.2) is 23.2 Å². The summed E-state index contributed by atoms with van der Waals surface area (Å²) in [6, 6.07) is 10.8. The zero-order valence-electron chi connectivity index (χ0n) is 8.40. The van der Waals surface area contributed by atoms with Crippen molar-refractivity contribution in [2.45, 2.75) is 18.2 Å². The maximum atomic E-state index is 7.75. The largest absolute Gasteiger partial charge is 0.351 e. The van der Waals surface area contributed by atoms with Crippen molar-refractivity contribution in [3.05, 3.63) is 35.9 Å². The minimum atomic E-state index is 0.411. The van der Waals surface area contributed by atoms with Gasteiger partial charge in [0.15, 0.2) is 5.17 Å². The Hall–Kier alpha value is -0.960. The maximum absolute atomic E-state index is 7.75. The van der Waals surface area contributed by atoms with Crippen molar-refractivity contribution in [1.29, 1.82) is 5.41 Å². The number of likely N-dealkylation sites (N-methyl/N-ethyl adjacent to an activating group) is 1. The highest BCUT2D eigenvalue weighted by atomic mass is 32.2. The van der Waals surface area contributed by atoms with E-state index in [2.05, 4.69) is 31.2 Å². The first-order valence-corrected chi connectivity index (χ1v) is 5.61. The molecule has 0 aromatic heterocycles. The van der Waals surface area contributed by atoms with Crippen LogP contribution in [-0.2, 0) is 0 Å². The summed E-state index contributed by atoms with van der Waals surface area (Å²) in [6.07, 6.45) is 0. The van der Waals surface area contributed by atoms with Crippen LogP contribution >= 0.6 is 11.8 Å². The predicted molar refractivity (Wildman–Crippen MR) is 61.7 cm³/mol. The molecule has 74 valence electrons. The van der Waals surface area contributed by atoms with Crippen molar-refractivity contribution in [3.63, 3.8) is 0 Å². The van der Waals surface area contributed by atoms with Crippen molar-refractivity contribution in [1.82, 2.24) is 4.90 Å². The van der Waals surface area contributed by atoms with Crippen LogP contribution in [0.5, 0.6) is 0 Å². The van der Waals surface area contributed by atoms with Gasteiger partial charge in [0, 0.05) is 13.1 Å². The molecule has 2 rings (SSSR count). The van der Waals surface area contributed by atoms with Gasteiger partial charge in [0.1, 0.15) is 0 Å². The van der Waals surface area contributed by atoms with E-state index in [1.54, 1.807) is 11.8 Å². The highest BCUT2D eigenvalue weighted by Gasteiger charge is 2.33. The lowest BCUT2D eigenvalue weighted by Gasteiger charge is -2.19. The van der Waals surface area contributed by atoms with Gasteiger partial charge in [-0.25, -0.2) is 0 Å². The van der Waals surface area contributed by atoms with Gasteiger partial charge in [0.2, 0.25) is 0 Å². The van der Waals surface area contributed by atoms with Crippen LogP contribution < -0.4 is 0 Å². The Bertz CT molecular complexity index is 336. The van der Waals surface area contributed by atoms with Gasteiger partial charge in [-0.2, -0.15) is 0 Å². The zero-order valence-corrected chi connectivity index (χ0v) is 9.21. The summed E-state index contributed by atoms with van der Waals surface area (Å²) in [5.41, 5.74) is 1.32. The molecule has 1 aliphatic heterocycles. The third kappa shape index (κ3) is 1.52. The number of amidine groups is 1. The standard InChI is InChI=1S/C11H14N2S/c1-8-10(14-11(12)13(8)2)9-6-4-3-5-7-9/h3-8,10,12H,1-2H3. The van der Waals surface area contributed by atoms with Gasteiger partial charge in [-0.15, -0.1) is 0 Å². The van der Waals surface area contributed by atoms with Crippen LogP contribution in [0.2, 0.25) is 0 Å². The molecule has 1 saturated heterocycles. The van der Waals surface area contributed by atoms with Crippen LogP contribution in [0.15, 0.2) is 30.3 Å². The van der Waals surface area contributed by atoms with Gasteiger partial charge in [0.25, 0.3) is 0 Å². The van der Waals surface area contributed by atoms with E-state index in [1.807, 2.05) is 18.0 Å². The molecule has 1 aromatic carbocycles. The molecule has 1 heterocycles. The first kappa shape index (κ1) is 9.59. The smallest absolute Gasteiger partial charge is 0.157 e. The average molecular weight is 206 g/mol. The molecule has 0 saturated carbocycles. The molecule has 1 N–H and O–H groups in total. The van der Waals surface area contributed by atoms with Gasteiger partial charge >= 0.3 is 0 Å². The molecule has 3 heteroatoms. The van der Waals surface area contributed by atoms with Gasteiger partial charge in [-0.1, -0.05) is 42.1 Å². The van der Waals surface area contributed by atoms with Gasteiger partial charge in [-0.3, -0.25) is 5.41 Å². The Morgan fingerprint density at radius 1 is 1.29 bits per heavy atom. The molecule has 2 nitrogen and oxygen atoms in total. The Morgan fingerprint density at radius 2 is 1.93 bits per heavy atom. The lowest BCUT2D eigenvalue weighted by Crippen LogP contribution is -2.27. The number of rotatable bonds is 1. The Balaban J connectivity index is 2.26. The van der Waals surface area contributed by atoms with Crippen molar-refractivity contribution in [2.75, 3.05) is 7.05 Å². The summed E-state index contributed by atoms with van der Waals surface area (Å²) in [4.78, 5) is 2.03. The van der Waals surface area contributed by atoms with E-state index in [0.717, 1.165) is 0 Å².